The van der Waals surface area contributed by atoms with Crippen LogP contribution in [0.3, 0.4) is 0 Å². The van der Waals surface area contributed by atoms with Crippen LogP contribution in [0.4, 0.5) is 4.79 Å². The SMILES string of the molecule is Cc1c(CCB2OC3CC4CC(C4(C)C)[C@]3(C)O2)ccc(-n2cc(CCNC(=O)OC(C)(C)C)nn2)c1C(=O)OC(C)(C)C. The molecule has 1 aromatic heterocycles. The number of alkyl carbamates (subject to hydrolysis) is 1. The Labute approximate surface area is 262 Å². The molecule has 2 aromatic rings. The van der Waals surface area contributed by atoms with Crippen molar-refractivity contribution in [3.8, 4) is 5.69 Å². The van der Waals surface area contributed by atoms with E-state index in [0.29, 0.717) is 59.9 Å². The molecule has 3 saturated carbocycles. The molecule has 0 radical (unpaired) electrons. The molecule has 1 aromatic carbocycles. The van der Waals surface area contributed by atoms with Crippen molar-refractivity contribution in [2.24, 2.45) is 17.3 Å². The molecule has 1 saturated heterocycles. The maximum absolute atomic E-state index is 13.6. The highest BCUT2D eigenvalue weighted by molar-refractivity contribution is 6.45. The summed E-state index contributed by atoms with van der Waals surface area (Å²) in [6.45, 7) is 20.3. The first kappa shape index (κ1) is 32.5. The Morgan fingerprint density at radius 1 is 1.07 bits per heavy atom. The summed E-state index contributed by atoms with van der Waals surface area (Å²) in [5.41, 5.74) is 2.42. The largest absolute Gasteiger partial charge is 0.457 e. The molecule has 1 aliphatic heterocycles. The lowest BCUT2D eigenvalue weighted by Gasteiger charge is -2.64. The molecule has 3 unspecified atom stereocenters. The van der Waals surface area contributed by atoms with Crippen LogP contribution in [0.1, 0.15) is 102 Å². The molecule has 2 heterocycles. The van der Waals surface area contributed by atoms with Crippen molar-refractivity contribution >= 4 is 19.2 Å². The van der Waals surface area contributed by atoms with Crippen molar-refractivity contribution < 1.29 is 28.4 Å². The van der Waals surface area contributed by atoms with Gasteiger partial charge in [0.1, 0.15) is 11.2 Å². The van der Waals surface area contributed by atoms with Gasteiger partial charge in [0, 0.05) is 13.0 Å². The second-order valence-corrected chi connectivity index (χ2v) is 15.5. The third-order valence-corrected chi connectivity index (χ3v) is 9.65. The van der Waals surface area contributed by atoms with Crippen LogP contribution in [0.15, 0.2) is 18.3 Å². The molecule has 240 valence electrons. The number of esters is 1. The van der Waals surface area contributed by atoms with Gasteiger partial charge in [-0.25, -0.2) is 14.3 Å². The van der Waals surface area contributed by atoms with Gasteiger partial charge in [0.15, 0.2) is 0 Å². The molecule has 1 N–H and O–H groups in total. The van der Waals surface area contributed by atoms with Crippen molar-refractivity contribution in [2.45, 2.75) is 124 Å². The number of amides is 1. The smallest absolute Gasteiger partial charge is 0.456 e. The second-order valence-electron chi connectivity index (χ2n) is 15.5. The Hall–Kier alpha value is -2.92. The predicted molar refractivity (Wildman–Crippen MR) is 168 cm³/mol. The molecule has 2 bridgehead atoms. The van der Waals surface area contributed by atoms with E-state index in [0.717, 1.165) is 17.5 Å². The maximum atomic E-state index is 13.6. The number of carbonyl (C=O) groups excluding carboxylic acids is 2. The number of rotatable bonds is 8. The maximum Gasteiger partial charge on any atom is 0.457 e. The minimum absolute atomic E-state index is 0.144. The zero-order chi connectivity index (χ0) is 32.2. The van der Waals surface area contributed by atoms with Gasteiger partial charge in [-0.3, -0.25) is 0 Å². The van der Waals surface area contributed by atoms with Gasteiger partial charge >= 0.3 is 19.2 Å². The number of ether oxygens (including phenoxy) is 2. The number of benzene rings is 1. The van der Waals surface area contributed by atoms with Crippen LogP contribution in [-0.4, -0.2) is 63.6 Å². The van der Waals surface area contributed by atoms with E-state index in [1.54, 1.807) is 10.9 Å². The molecule has 4 atom stereocenters. The summed E-state index contributed by atoms with van der Waals surface area (Å²) in [7, 11) is -0.267. The van der Waals surface area contributed by atoms with E-state index in [2.05, 4.69) is 36.4 Å². The standard InChI is InChI=1S/C33H49BN4O6/c1-20-21(13-15-34-43-26-18-22-17-25(32(22,8)9)33(26,10)44-34)11-12-24(27(20)28(39)41-30(2,3)4)38-19-23(36-37-38)14-16-35-29(40)42-31(5,6)7/h11-12,19,22,25-26H,13-18H2,1-10H3,(H,35,40)/t22?,25?,26?,33-/m0/s1. The quantitative estimate of drug-likeness (QED) is 0.293. The molecule has 10 nitrogen and oxygen atoms in total. The lowest BCUT2D eigenvalue weighted by Crippen LogP contribution is -2.65. The van der Waals surface area contributed by atoms with Gasteiger partial charge in [0.25, 0.3) is 0 Å². The second kappa shape index (κ2) is 11.5. The van der Waals surface area contributed by atoms with E-state index in [1.807, 2.05) is 60.6 Å². The average molecular weight is 609 g/mol. The van der Waals surface area contributed by atoms with E-state index in [9.17, 15) is 9.59 Å². The van der Waals surface area contributed by atoms with Crippen molar-refractivity contribution in [1.82, 2.24) is 20.3 Å². The molecule has 4 fully saturated rings. The van der Waals surface area contributed by atoms with E-state index in [-0.39, 0.29) is 18.8 Å². The molecular formula is C33H49BN4O6. The van der Waals surface area contributed by atoms with E-state index < -0.39 is 23.3 Å². The average Bonchev–Trinajstić information content (AvgIpc) is 3.48. The summed E-state index contributed by atoms with van der Waals surface area (Å²) in [6.07, 6.45) is 5.58. The Morgan fingerprint density at radius 3 is 2.43 bits per heavy atom. The zero-order valence-electron chi connectivity index (χ0n) is 28.1. The minimum Gasteiger partial charge on any atom is -0.456 e. The first-order valence-corrected chi connectivity index (χ1v) is 15.9. The van der Waals surface area contributed by atoms with Gasteiger partial charge in [0.2, 0.25) is 0 Å². The number of aromatic nitrogens is 3. The third kappa shape index (κ3) is 6.54. The molecule has 11 heteroatoms. The molecular weight excluding hydrogens is 559 g/mol. The van der Waals surface area contributed by atoms with Gasteiger partial charge in [-0.2, -0.15) is 0 Å². The minimum atomic E-state index is -0.663. The fourth-order valence-electron chi connectivity index (χ4n) is 7.28. The number of nitrogens with zero attached hydrogens (tertiary/aromatic N) is 3. The third-order valence-electron chi connectivity index (χ3n) is 9.65. The van der Waals surface area contributed by atoms with Crippen LogP contribution in [0, 0.1) is 24.2 Å². The van der Waals surface area contributed by atoms with Crippen LogP contribution in [0.25, 0.3) is 5.69 Å². The lowest BCUT2D eigenvalue weighted by molar-refractivity contribution is -0.199. The summed E-state index contributed by atoms with van der Waals surface area (Å²) in [5, 5.41) is 11.3. The summed E-state index contributed by atoms with van der Waals surface area (Å²) >= 11 is 0. The van der Waals surface area contributed by atoms with Crippen LogP contribution in [0.5, 0.6) is 0 Å². The summed E-state index contributed by atoms with van der Waals surface area (Å²) in [4.78, 5) is 25.6. The van der Waals surface area contributed by atoms with Crippen molar-refractivity contribution in [2.75, 3.05) is 6.54 Å². The Kier molecular flexibility index (Phi) is 8.46. The highest BCUT2D eigenvalue weighted by atomic mass is 16.7. The highest BCUT2D eigenvalue weighted by Gasteiger charge is 2.67. The Morgan fingerprint density at radius 2 is 1.77 bits per heavy atom. The predicted octanol–water partition coefficient (Wildman–Crippen LogP) is 5.87. The molecule has 0 spiro atoms. The molecule has 44 heavy (non-hydrogen) atoms. The van der Waals surface area contributed by atoms with Gasteiger partial charge in [0.05, 0.1) is 34.8 Å². The fraction of sp³-hybridized carbons (Fsp3) is 0.697. The van der Waals surface area contributed by atoms with Crippen LogP contribution in [-0.2, 0) is 31.6 Å². The van der Waals surface area contributed by atoms with Crippen molar-refractivity contribution in [1.29, 1.82) is 0 Å². The van der Waals surface area contributed by atoms with Gasteiger partial charge in [-0.05, 0) is 115 Å². The monoisotopic (exact) mass is 608 g/mol. The van der Waals surface area contributed by atoms with Crippen LogP contribution < -0.4 is 5.32 Å². The zero-order valence-corrected chi connectivity index (χ0v) is 28.1. The van der Waals surface area contributed by atoms with Gasteiger partial charge < -0.3 is 24.1 Å². The molecule has 1 amide bonds. The lowest BCUT2D eigenvalue weighted by atomic mass is 9.43. The van der Waals surface area contributed by atoms with E-state index in [4.69, 9.17) is 18.8 Å². The van der Waals surface area contributed by atoms with Crippen LogP contribution >= 0.6 is 0 Å². The first-order valence-electron chi connectivity index (χ1n) is 15.9. The van der Waals surface area contributed by atoms with Gasteiger partial charge in [-0.1, -0.05) is 25.1 Å². The van der Waals surface area contributed by atoms with E-state index >= 15 is 0 Å². The number of nitrogens with one attached hydrogen (secondary N) is 1. The summed E-state index contributed by atoms with van der Waals surface area (Å²) in [5.74, 6) is 0.811. The van der Waals surface area contributed by atoms with Gasteiger partial charge in [-0.15, -0.1) is 5.10 Å². The topological polar surface area (TPSA) is 114 Å². The fourth-order valence-corrected chi connectivity index (χ4v) is 7.28. The Bertz CT molecular complexity index is 1410. The highest BCUT2D eigenvalue weighted by Crippen LogP contribution is 2.65. The number of aryl methyl sites for hydroxylation is 1. The molecule has 6 rings (SSSR count). The normalized spacial score (nSPS) is 25.7. The number of hydrogen-bond acceptors (Lipinski definition) is 8. The van der Waals surface area contributed by atoms with E-state index in [1.165, 1.54) is 6.42 Å². The summed E-state index contributed by atoms with van der Waals surface area (Å²) in [6, 6.07) is 3.93. The van der Waals surface area contributed by atoms with Crippen molar-refractivity contribution in [3.63, 3.8) is 0 Å². The Balaban J connectivity index is 1.30. The van der Waals surface area contributed by atoms with Crippen molar-refractivity contribution in [3.05, 3.63) is 40.7 Å². The number of carbonyl (C=O) groups is 2. The van der Waals surface area contributed by atoms with Crippen LogP contribution in [0.2, 0.25) is 6.32 Å². The first-order chi connectivity index (χ1) is 20.4. The number of hydrogen-bond donors (Lipinski definition) is 1. The molecule has 3 aliphatic carbocycles. The molecule has 4 aliphatic rings. The summed E-state index contributed by atoms with van der Waals surface area (Å²) < 4.78 is 25.8.